The molecule has 0 bridgehead atoms. The van der Waals surface area contributed by atoms with Crippen LogP contribution in [0, 0.1) is 5.82 Å². The first kappa shape index (κ1) is 10.3. The number of aromatic nitrogens is 2. The number of methoxy groups -OCH3 is 1. The zero-order valence-electron chi connectivity index (χ0n) is 8.66. The van der Waals surface area contributed by atoms with E-state index in [9.17, 15) is 4.39 Å². The molecule has 0 atom stereocenters. The van der Waals surface area contributed by atoms with E-state index in [0.717, 1.165) is 19.3 Å². The van der Waals surface area contributed by atoms with Crippen molar-refractivity contribution in [2.45, 2.75) is 31.7 Å². The summed E-state index contributed by atoms with van der Waals surface area (Å²) < 4.78 is 18.6. The van der Waals surface area contributed by atoms with Gasteiger partial charge in [-0.1, -0.05) is 6.42 Å². The lowest BCUT2D eigenvalue weighted by atomic mass is 9.82. The minimum absolute atomic E-state index is 0.00681. The normalized spacial score (nSPS) is 16.2. The molecule has 0 aromatic carbocycles. The zero-order valence-corrected chi connectivity index (χ0v) is 8.66. The Bertz CT molecular complexity index is 366. The van der Waals surface area contributed by atoms with Crippen LogP contribution in [-0.4, -0.2) is 17.1 Å². The van der Waals surface area contributed by atoms with Gasteiger partial charge in [-0.2, -0.15) is 9.37 Å². The minimum atomic E-state index is -0.431. The molecule has 0 amide bonds. The van der Waals surface area contributed by atoms with Gasteiger partial charge in [0.1, 0.15) is 5.82 Å². The van der Waals surface area contributed by atoms with E-state index >= 15 is 0 Å². The van der Waals surface area contributed by atoms with Crippen molar-refractivity contribution in [2.75, 3.05) is 7.11 Å². The standard InChI is InChI=1S/C10H14FN3O/c1-15-10-8(11)9(6-3-2-4-6)13-7(5-12)14-10/h6H,2-5,12H2,1H3. The quantitative estimate of drug-likeness (QED) is 0.819. The molecule has 1 aliphatic carbocycles. The Kier molecular flexibility index (Phi) is 2.81. The van der Waals surface area contributed by atoms with Gasteiger partial charge in [0, 0.05) is 5.92 Å². The average molecular weight is 211 g/mol. The lowest BCUT2D eigenvalue weighted by Crippen LogP contribution is -2.17. The summed E-state index contributed by atoms with van der Waals surface area (Å²) >= 11 is 0. The van der Waals surface area contributed by atoms with Crippen molar-refractivity contribution in [3.8, 4) is 5.88 Å². The fourth-order valence-corrected chi connectivity index (χ4v) is 1.67. The van der Waals surface area contributed by atoms with Crippen LogP contribution in [0.4, 0.5) is 4.39 Å². The molecule has 1 heterocycles. The van der Waals surface area contributed by atoms with E-state index in [0.29, 0.717) is 11.5 Å². The molecule has 0 aliphatic heterocycles. The third-order valence-corrected chi connectivity index (χ3v) is 2.76. The molecule has 2 N–H and O–H groups in total. The largest absolute Gasteiger partial charge is 0.479 e. The molecule has 4 nitrogen and oxygen atoms in total. The SMILES string of the molecule is COc1nc(CN)nc(C2CCC2)c1F. The lowest BCUT2D eigenvalue weighted by Gasteiger charge is -2.25. The Labute approximate surface area is 87.7 Å². The molecule has 1 saturated carbocycles. The van der Waals surface area contributed by atoms with Gasteiger partial charge >= 0.3 is 0 Å². The third kappa shape index (κ3) is 1.79. The highest BCUT2D eigenvalue weighted by Gasteiger charge is 2.27. The van der Waals surface area contributed by atoms with Gasteiger partial charge in [0.15, 0.2) is 0 Å². The molecular weight excluding hydrogens is 197 g/mol. The van der Waals surface area contributed by atoms with Gasteiger partial charge in [0.2, 0.25) is 5.82 Å². The van der Waals surface area contributed by atoms with Crippen LogP contribution in [0.1, 0.15) is 36.7 Å². The number of nitrogens with zero attached hydrogens (tertiary/aromatic N) is 2. The van der Waals surface area contributed by atoms with Gasteiger partial charge in [0.05, 0.1) is 19.3 Å². The second-order valence-corrected chi connectivity index (χ2v) is 3.68. The summed E-state index contributed by atoms with van der Waals surface area (Å²) in [6.07, 6.45) is 3.11. The number of ether oxygens (including phenoxy) is 1. The lowest BCUT2D eigenvalue weighted by molar-refractivity contribution is 0.342. The maximum absolute atomic E-state index is 13.8. The fraction of sp³-hybridized carbons (Fsp3) is 0.600. The van der Waals surface area contributed by atoms with E-state index < -0.39 is 5.82 Å². The second kappa shape index (κ2) is 4.10. The van der Waals surface area contributed by atoms with E-state index in [1.165, 1.54) is 7.11 Å². The number of hydrogen-bond donors (Lipinski definition) is 1. The summed E-state index contributed by atoms with van der Waals surface area (Å²) in [5, 5.41) is 0. The predicted molar refractivity (Wildman–Crippen MR) is 53.0 cm³/mol. The summed E-state index contributed by atoms with van der Waals surface area (Å²) in [5.41, 5.74) is 5.92. The molecule has 0 radical (unpaired) electrons. The van der Waals surface area contributed by atoms with Crippen LogP contribution < -0.4 is 10.5 Å². The van der Waals surface area contributed by atoms with Gasteiger partial charge < -0.3 is 10.5 Å². The highest BCUT2D eigenvalue weighted by molar-refractivity contribution is 5.23. The first-order valence-electron chi connectivity index (χ1n) is 5.06. The number of hydrogen-bond acceptors (Lipinski definition) is 4. The molecule has 1 aromatic rings. The Morgan fingerprint density at radius 2 is 2.20 bits per heavy atom. The summed E-state index contributed by atoms with van der Waals surface area (Å²) in [4.78, 5) is 8.01. The highest BCUT2D eigenvalue weighted by atomic mass is 19.1. The highest BCUT2D eigenvalue weighted by Crippen LogP contribution is 2.37. The summed E-state index contributed by atoms with van der Waals surface area (Å²) in [7, 11) is 1.40. The number of nitrogens with two attached hydrogens (primary N) is 1. The smallest absolute Gasteiger partial charge is 0.253 e. The molecule has 1 aromatic heterocycles. The monoisotopic (exact) mass is 211 g/mol. The molecule has 15 heavy (non-hydrogen) atoms. The van der Waals surface area contributed by atoms with E-state index in [-0.39, 0.29) is 18.3 Å². The van der Waals surface area contributed by atoms with E-state index in [1.54, 1.807) is 0 Å². The van der Waals surface area contributed by atoms with Crippen LogP contribution in [0.3, 0.4) is 0 Å². The van der Waals surface area contributed by atoms with Gasteiger partial charge in [-0.3, -0.25) is 0 Å². The number of rotatable bonds is 3. The van der Waals surface area contributed by atoms with Gasteiger partial charge in [-0.05, 0) is 12.8 Å². The molecule has 0 unspecified atom stereocenters. The van der Waals surface area contributed by atoms with Gasteiger partial charge in [0.25, 0.3) is 5.88 Å². The van der Waals surface area contributed by atoms with E-state index in [2.05, 4.69) is 9.97 Å². The molecule has 82 valence electrons. The van der Waals surface area contributed by atoms with Crippen molar-refractivity contribution in [1.29, 1.82) is 0 Å². The van der Waals surface area contributed by atoms with E-state index in [4.69, 9.17) is 10.5 Å². The first-order valence-corrected chi connectivity index (χ1v) is 5.06. The van der Waals surface area contributed by atoms with Crippen molar-refractivity contribution in [1.82, 2.24) is 9.97 Å². The van der Waals surface area contributed by atoms with Crippen molar-refractivity contribution in [2.24, 2.45) is 5.73 Å². The van der Waals surface area contributed by atoms with Crippen LogP contribution in [0.2, 0.25) is 0 Å². The molecule has 5 heteroatoms. The van der Waals surface area contributed by atoms with Crippen LogP contribution in [0.5, 0.6) is 5.88 Å². The molecule has 0 spiro atoms. The third-order valence-electron chi connectivity index (χ3n) is 2.76. The predicted octanol–water partition coefficient (Wildman–Crippen LogP) is 1.35. The fourth-order valence-electron chi connectivity index (χ4n) is 1.67. The summed E-state index contributed by atoms with van der Waals surface area (Å²) in [5.74, 6) is 0.231. The zero-order chi connectivity index (χ0) is 10.8. The van der Waals surface area contributed by atoms with Gasteiger partial charge in [-0.15, -0.1) is 0 Å². The average Bonchev–Trinajstić information content (AvgIpc) is 2.18. The van der Waals surface area contributed by atoms with Crippen molar-refractivity contribution < 1.29 is 9.13 Å². The topological polar surface area (TPSA) is 61.0 Å². The van der Waals surface area contributed by atoms with Crippen molar-refractivity contribution in [3.05, 3.63) is 17.3 Å². The Balaban J connectivity index is 2.41. The van der Waals surface area contributed by atoms with Crippen molar-refractivity contribution >= 4 is 0 Å². The maximum atomic E-state index is 13.8. The molecule has 0 saturated heterocycles. The minimum Gasteiger partial charge on any atom is -0.479 e. The van der Waals surface area contributed by atoms with Crippen LogP contribution in [-0.2, 0) is 6.54 Å². The Hall–Kier alpha value is -1.23. The first-order chi connectivity index (χ1) is 7.26. The van der Waals surface area contributed by atoms with E-state index in [1.807, 2.05) is 0 Å². The van der Waals surface area contributed by atoms with Crippen molar-refractivity contribution in [3.63, 3.8) is 0 Å². The molecule has 2 rings (SSSR count). The number of halogens is 1. The second-order valence-electron chi connectivity index (χ2n) is 3.68. The Morgan fingerprint density at radius 1 is 1.47 bits per heavy atom. The van der Waals surface area contributed by atoms with Crippen LogP contribution >= 0.6 is 0 Å². The molecule has 1 fully saturated rings. The van der Waals surface area contributed by atoms with Crippen LogP contribution in [0.15, 0.2) is 0 Å². The molecule has 1 aliphatic rings. The summed E-state index contributed by atoms with van der Waals surface area (Å²) in [6, 6.07) is 0. The molecular formula is C10H14FN3O. The van der Waals surface area contributed by atoms with Gasteiger partial charge in [-0.25, -0.2) is 4.98 Å². The Morgan fingerprint density at radius 3 is 2.67 bits per heavy atom. The van der Waals surface area contributed by atoms with Crippen LogP contribution in [0.25, 0.3) is 0 Å². The maximum Gasteiger partial charge on any atom is 0.253 e. The summed E-state index contributed by atoms with van der Waals surface area (Å²) in [6.45, 7) is 0.205.